The number of aromatic nitrogens is 3. The molecule has 9 heteroatoms. The number of nitrogens with zero attached hydrogens (tertiary/aromatic N) is 3. The number of hydrogen-bond acceptors (Lipinski definition) is 5. The summed E-state index contributed by atoms with van der Waals surface area (Å²) in [5.41, 5.74) is 2.00. The predicted molar refractivity (Wildman–Crippen MR) is 101 cm³/mol. The van der Waals surface area contributed by atoms with Gasteiger partial charge in [-0.25, -0.2) is 9.67 Å². The van der Waals surface area contributed by atoms with Crippen LogP contribution in [-0.4, -0.2) is 27.3 Å². The molecule has 3 aromatic rings. The third kappa shape index (κ3) is 3.42. The van der Waals surface area contributed by atoms with Crippen molar-refractivity contribution in [3.05, 3.63) is 50.4 Å². The number of nitrogens with one attached hydrogen (secondary N) is 1. The number of carbonyl (C=O) groups excluding carboxylic acids is 1. The minimum Gasteiger partial charge on any atom is -0.477 e. The van der Waals surface area contributed by atoms with E-state index in [4.69, 9.17) is 27.9 Å². The Morgan fingerprint density at radius 1 is 1.31 bits per heavy atom. The van der Waals surface area contributed by atoms with Crippen LogP contribution in [0.2, 0.25) is 10.0 Å². The van der Waals surface area contributed by atoms with Crippen LogP contribution in [0.25, 0.3) is 11.3 Å². The van der Waals surface area contributed by atoms with Crippen molar-refractivity contribution in [2.24, 2.45) is 0 Å². The molecule has 0 spiro atoms. The minimum atomic E-state index is -0.344. The zero-order chi connectivity index (χ0) is 18.1. The summed E-state index contributed by atoms with van der Waals surface area (Å²) in [7, 11) is 0. The van der Waals surface area contributed by atoms with Gasteiger partial charge in [0.25, 0.3) is 5.91 Å². The maximum absolute atomic E-state index is 12.4. The third-order valence-electron chi connectivity index (χ3n) is 3.91. The average molecular weight is 409 g/mol. The highest BCUT2D eigenvalue weighted by Gasteiger charge is 2.25. The van der Waals surface area contributed by atoms with E-state index in [1.54, 1.807) is 4.68 Å². The van der Waals surface area contributed by atoms with Crippen LogP contribution in [0.5, 0.6) is 5.88 Å². The SMILES string of the molecule is O=C(NCc1nc(-c2ccc(Cl)cc2)cs1)c1nn2c(c1Cl)OCCC2. The fraction of sp³-hybridized carbons (Fsp3) is 0.235. The Kier molecular flexibility index (Phi) is 4.84. The third-order valence-corrected chi connectivity index (χ3v) is 5.35. The van der Waals surface area contributed by atoms with Gasteiger partial charge in [-0.05, 0) is 12.1 Å². The first-order valence-corrected chi connectivity index (χ1v) is 9.63. The molecule has 1 amide bonds. The van der Waals surface area contributed by atoms with Crippen LogP contribution < -0.4 is 10.1 Å². The van der Waals surface area contributed by atoms with Crippen LogP contribution >= 0.6 is 34.5 Å². The highest BCUT2D eigenvalue weighted by atomic mass is 35.5. The number of fused-ring (bicyclic) bond motifs is 1. The largest absolute Gasteiger partial charge is 0.477 e. The second-order valence-corrected chi connectivity index (χ2v) is 7.47. The molecule has 26 heavy (non-hydrogen) atoms. The topological polar surface area (TPSA) is 69.0 Å². The number of aryl methyl sites for hydroxylation is 1. The van der Waals surface area contributed by atoms with Gasteiger partial charge < -0.3 is 10.1 Å². The molecule has 1 aliphatic heterocycles. The van der Waals surface area contributed by atoms with Crippen molar-refractivity contribution in [1.82, 2.24) is 20.1 Å². The van der Waals surface area contributed by atoms with Crippen LogP contribution in [0.1, 0.15) is 21.9 Å². The molecular weight excluding hydrogens is 395 g/mol. The highest BCUT2D eigenvalue weighted by Crippen LogP contribution is 2.31. The molecule has 0 saturated heterocycles. The molecule has 6 nitrogen and oxygen atoms in total. The highest BCUT2D eigenvalue weighted by molar-refractivity contribution is 7.09. The van der Waals surface area contributed by atoms with Gasteiger partial charge in [-0.1, -0.05) is 35.3 Å². The summed E-state index contributed by atoms with van der Waals surface area (Å²) < 4.78 is 7.11. The predicted octanol–water partition coefficient (Wildman–Crippen LogP) is 4.03. The monoisotopic (exact) mass is 408 g/mol. The summed E-state index contributed by atoms with van der Waals surface area (Å²) >= 11 is 13.6. The maximum Gasteiger partial charge on any atom is 0.273 e. The van der Waals surface area contributed by atoms with E-state index in [1.165, 1.54) is 11.3 Å². The van der Waals surface area contributed by atoms with Crippen LogP contribution in [0.15, 0.2) is 29.6 Å². The first-order valence-electron chi connectivity index (χ1n) is 7.99. The number of ether oxygens (including phenoxy) is 1. The van der Waals surface area contributed by atoms with Crippen molar-refractivity contribution >= 4 is 40.4 Å². The lowest BCUT2D eigenvalue weighted by molar-refractivity contribution is 0.0945. The van der Waals surface area contributed by atoms with Gasteiger partial charge in [-0.2, -0.15) is 5.10 Å². The fourth-order valence-corrected chi connectivity index (χ4v) is 3.77. The van der Waals surface area contributed by atoms with Gasteiger partial charge in [0.1, 0.15) is 10.0 Å². The molecule has 134 valence electrons. The number of thiazole rings is 1. The Hall–Kier alpha value is -2.09. The Morgan fingerprint density at radius 2 is 2.12 bits per heavy atom. The number of carbonyl (C=O) groups is 1. The van der Waals surface area contributed by atoms with Gasteiger partial charge in [0.15, 0.2) is 5.69 Å². The van der Waals surface area contributed by atoms with Gasteiger partial charge >= 0.3 is 0 Å². The molecular formula is C17H14Cl2N4O2S. The second kappa shape index (κ2) is 7.26. The lowest BCUT2D eigenvalue weighted by Crippen LogP contribution is -2.23. The first-order chi connectivity index (χ1) is 12.6. The van der Waals surface area contributed by atoms with Crippen molar-refractivity contribution in [2.75, 3.05) is 6.61 Å². The fourth-order valence-electron chi connectivity index (χ4n) is 2.63. The number of hydrogen-bond donors (Lipinski definition) is 1. The molecule has 1 aliphatic rings. The number of halogens is 2. The second-order valence-electron chi connectivity index (χ2n) is 5.71. The molecule has 4 rings (SSSR count). The lowest BCUT2D eigenvalue weighted by atomic mass is 10.2. The van der Waals surface area contributed by atoms with Crippen LogP contribution in [-0.2, 0) is 13.1 Å². The van der Waals surface area contributed by atoms with Crippen LogP contribution in [0, 0.1) is 0 Å². The van der Waals surface area contributed by atoms with E-state index in [0.717, 1.165) is 22.7 Å². The number of benzene rings is 1. The molecule has 3 heterocycles. The summed E-state index contributed by atoms with van der Waals surface area (Å²) in [5, 5.41) is 10.7. The van der Waals surface area contributed by atoms with Crippen molar-refractivity contribution in [3.63, 3.8) is 0 Å². The van der Waals surface area contributed by atoms with Gasteiger partial charge in [-0.3, -0.25) is 4.79 Å². The van der Waals surface area contributed by atoms with Crippen molar-refractivity contribution in [3.8, 4) is 17.1 Å². The van der Waals surface area contributed by atoms with Gasteiger partial charge in [-0.15, -0.1) is 11.3 Å². The molecule has 0 bridgehead atoms. The van der Waals surface area contributed by atoms with Gasteiger partial charge in [0.05, 0.1) is 18.8 Å². The first kappa shape index (κ1) is 17.3. The van der Waals surface area contributed by atoms with Gasteiger partial charge in [0, 0.05) is 28.9 Å². The molecule has 0 fully saturated rings. The average Bonchev–Trinajstić information content (AvgIpc) is 3.26. The normalized spacial score (nSPS) is 13.2. The zero-order valence-electron chi connectivity index (χ0n) is 13.5. The Bertz CT molecular complexity index is 952. The molecule has 0 saturated carbocycles. The molecule has 1 N–H and O–H groups in total. The lowest BCUT2D eigenvalue weighted by Gasteiger charge is -2.14. The minimum absolute atomic E-state index is 0.179. The summed E-state index contributed by atoms with van der Waals surface area (Å²) in [5.74, 6) is 0.117. The maximum atomic E-state index is 12.4. The summed E-state index contributed by atoms with van der Waals surface area (Å²) in [6.45, 7) is 1.58. The molecule has 0 atom stereocenters. The summed E-state index contributed by atoms with van der Waals surface area (Å²) in [6.07, 6.45) is 0.846. The Balaban J connectivity index is 1.44. The van der Waals surface area contributed by atoms with Crippen molar-refractivity contribution < 1.29 is 9.53 Å². The molecule has 1 aromatic carbocycles. The van der Waals surface area contributed by atoms with E-state index in [1.807, 2.05) is 29.6 Å². The quantitative estimate of drug-likeness (QED) is 0.707. The van der Waals surface area contributed by atoms with E-state index in [2.05, 4.69) is 15.4 Å². The van der Waals surface area contributed by atoms with E-state index < -0.39 is 0 Å². The Morgan fingerprint density at radius 3 is 2.88 bits per heavy atom. The van der Waals surface area contributed by atoms with E-state index in [9.17, 15) is 4.79 Å². The van der Waals surface area contributed by atoms with E-state index in [-0.39, 0.29) is 16.6 Å². The standard InChI is InChI=1S/C17H14Cl2N4O2S/c18-11-4-2-10(3-5-11)12-9-26-13(21-12)8-20-16(24)15-14(19)17-23(22-15)6-1-7-25-17/h2-5,9H,1,6-8H2,(H,20,24). The molecule has 0 radical (unpaired) electrons. The smallest absolute Gasteiger partial charge is 0.273 e. The van der Waals surface area contributed by atoms with Crippen LogP contribution in [0.3, 0.4) is 0 Å². The van der Waals surface area contributed by atoms with Crippen LogP contribution in [0.4, 0.5) is 0 Å². The van der Waals surface area contributed by atoms with E-state index >= 15 is 0 Å². The van der Waals surface area contributed by atoms with Crippen molar-refractivity contribution in [2.45, 2.75) is 19.5 Å². The van der Waals surface area contributed by atoms with E-state index in [0.29, 0.717) is 30.6 Å². The summed E-state index contributed by atoms with van der Waals surface area (Å²) in [4.78, 5) is 16.9. The Labute approximate surface area is 163 Å². The number of amides is 1. The zero-order valence-corrected chi connectivity index (χ0v) is 15.9. The number of rotatable bonds is 4. The van der Waals surface area contributed by atoms with Crippen molar-refractivity contribution in [1.29, 1.82) is 0 Å². The summed E-state index contributed by atoms with van der Waals surface area (Å²) in [6, 6.07) is 7.47. The van der Waals surface area contributed by atoms with Gasteiger partial charge in [0.2, 0.25) is 5.88 Å². The molecule has 0 unspecified atom stereocenters. The molecule has 0 aliphatic carbocycles. The molecule has 2 aromatic heterocycles.